The van der Waals surface area contributed by atoms with Crippen molar-refractivity contribution in [3.05, 3.63) is 12.2 Å². The van der Waals surface area contributed by atoms with Crippen molar-refractivity contribution in [2.45, 2.75) is 97.1 Å². The van der Waals surface area contributed by atoms with E-state index in [1.807, 2.05) is 0 Å². The Hall–Kier alpha value is 0.174. The van der Waals surface area contributed by atoms with Crippen molar-refractivity contribution in [3.63, 3.8) is 0 Å². The van der Waals surface area contributed by atoms with E-state index in [1.165, 1.54) is 0 Å². The fourth-order valence-corrected chi connectivity index (χ4v) is 28.5. The summed E-state index contributed by atoms with van der Waals surface area (Å²) in [6.45, 7) is 31.3. The van der Waals surface area contributed by atoms with E-state index in [0.717, 1.165) is 0 Å². The highest BCUT2D eigenvalue weighted by Gasteiger charge is 2.68. The molecule has 1 unspecified atom stereocenters. The predicted octanol–water partition coefficient (Wildman–Crippen LogP) is 5.31. The molecular formula is C18H44O5Si5. The van der Waals surface area contributed by atoms with Gasteiger partial charge in [0, 0.05) is 5.57 Å². The van der Waals surface area contributed by atoms with Gasteiger partial charge in [0.05, 0.1) is 0 Å². The highest BCUT2D eigenvalue weighted by atomic mass is 28.5. The van der Waals surface area contributed by atoms with Crippen LogP contribution in [0.2, 0.25) is 72.0 Å². The second kappa shape index (κ2) is 9.54. The van der Waals surface area contributed by atoms with Gasteiger partial charge in [-0.15, -0.1) is 0 Å². The Morgan fingerprint density at radius 3 is 1.57 bits per heavy atom. The minimum atomic E-state index is -3.01. The van der Waals surface area contributed by atoms with Gasteiger partial charge in [0.25, 0.3) is 0 Å². The molecule has 0 aliphatic heterocycles. The van der Waals surface area contributed by atoms with Crippen LogP contribution in [-0.2, 0) is 21.9 Å². The lowest BCUT2D eigenvalue weighted by Crippen LogP contribution is -2.78. The maximum atomic E-state index is 12.8. The molecule has 10 heteroatoms. The van der Waals surface area contributed by atoms with Crippen LogP contribution in [0.15, 0.2) is 12.2 Å². The molecule has 0 aromatic rings. The highest BCUT2D eigenvalue weighted by Crippen LogP contribution is 2.43. The quantitative estimate of drug-likeness (QED) is 0.228. The topological polar surface area (TPSA) is 54.0 Å². The third-order valence-electron chi connectivity index (χ3n) is 4.35. The first-order chi connectivity index (χ1) is 12.2. The Bertz CT molecular complexity index is 550. The number of carbonyl (C=O) groups is 1. The van der Waals surface area contributed by atoms with Gasteiger partial charge >= 0.3 is 14.5 Å². The fourth-order valence-electron chi connectivity index (χ4n) is 3.87. The predicted molar refractivity (Wildman–Crippen MR) is 132 cm³/mol. The van der Waals surface area contributed by atoms with Crippen LogP contribution in [0.4, 0.5) is 0 Å². The zero-order valence-corrected chi connectivity index (χ0v) is 25.7. The van der Waals surface area contributed by atoms with Crippen molar-refractivity contribution in [2.75, 3.05) is 0 Å². The second-order valence-electron chi connectivity index (χ2n) is 10.4. The lowest BCUT2D eigenvalue weighted by molar-refractivity contribution is -0.146. The molecule has 0 saturated heterocycles. The Kier molecular flexibility index (Phi) is 9.60. The first-order valence-electron chi connectivity index (χ1n) is 10.2. The highest BCUT2D eigenvalue weighted by molar-refractivity contribution is 6.99. The summed E-state index contributed by atoms with van der Waals surface area (Å²) in [7, 11) is -10.9. The molecule has 0 radical (unpaired) electrons. The van der Waals surface area contributed by atoms with E-state index < -0.39 is 47.4 Å². The van der Waals surface area contributed by atoms with Crippen LogP contribution in [0, 0.1) is 0 Å². The molecule has 0 N–H and O–H groups in total. The molecule has 1 atom stereocenters. The van der Waals surface area contributed by atoms with Gasteiger partial charge in [0.15, 0.2) is 30.5 Å². The molecule has 0 fully saturated rings. The van der Waals surface area contributed by atoms with E-state index in [4.69, 9.17) is 17.1 Å². The Morgan fingerprint density at radius 1 is 0.929 bits per heavy atom. The van der Waals surface area contributed by atoms with Crippen LogP contribution < -0.4 is 0 Å². The number of hydrogen-bond acceptors (Lipinski definition) is 5. The first kappa shape index (κ1) is 28.2. The molecule has 0 aromatic carbocycles. The zero-order chi connectivity index (χ0) is 22.8. The smallest absolute Gasteiger partial charge is 0.359 e. The normalized spacial score (nSPS) is 16.1. The molecule has 5 nitrogen and oxygen atoms in total. The molecule has 0 heterocycles. The van der Waals surface area contributed by atoms with Gasteiger partial charge in [-0.1, -0.05) is 13.5 Å². The molecule has 0 bridgehead atoms. The molecule has 0 saturated carbocycles. The summed E-state index contributed by atoms with van der Waals surface area (Å²) in [5.74, 6) is -0.381. The summed E-state index contributed by atoms with van der Waals surface area (Å²) in [5.41, 5.74) is 0.391. The van der Waals surface area contributed by atoms with Gasteiger partial charge in [-0.3, -0.25) is 0 Å². The summed E-state index contributed by atoms with van der Waals surface area (Å²) in [4.78, 5) is 12.0. The third kappa shape index (κ3) is 7.45. The van der Waals surface area contributed by atoms with E-state index in [-0.39, 0.29) is 5.97 Å². The van der Waals surface area contributed by atoms with Crippen molar-refractivity contribution in [3.8, 4) is 0 Å². The molecule has 0 amide bonds. The van der Waals surface area contributed by atoms with Gasteiger partial charge in [-0.05, 0) is 85.4 Å². The van der Waals surface area contributed by atoms with Crippen molar-refractivity contribution in [1.29, 1.82) is 0 Å². The van der Waals surface area contributed by atoms with Crippen molar-refractivity contribution >= 4 is 48.5 Å². The van der Waals surface area contributed by atoms with E-state index in [9.17, 15) is 4.79 Å². The summed E-state index contributed by atoms with van der Waals surface area (Å²) in [5, 5.41) is 0. The number of rotatable bonds is 11. The minimum absolute atomic E-state index is 0.381. The maximum Gasteiger partial charge on any atom is 0.359 e. The molecule has 0 aromatic heterocycles. The number of esters is 1. The molecule has 0 spiro atoms. The number of ether oxygens (including phenoxy) is 1. The molecule has 0 rings (SSSR count). The fraction of sp³-hybridized carbons (Fsp3) is 0.833. The summed E-state index contributed by atoms with van der Waals surface area (Å²) in [6, 6.07) is 0. The number of hydrogen-bond donors (Lipinski definition) is 0. The van der Waals surface area contributed by atoms with Crippen LogP contribution in [-0.4, -0.2) is 53.4 Å². The van der Waals surface area contributed by atoms with Gasteiger partial charge in [0.1, 0.15) is 0 Å². The van der Waals surface area contributed by atoms with Crippen LogP contribution >= 0.6 is 0 Å². The number of carbonyl (C=O) groups excluding carboxylic acids is 1. The van der Waals surface area contributed by atoms with E-state index in [1.54, 1.807) is 6.92 Å². The molecule has 0 aliphatic rings. The summed E-state index contributed by atoms with van der Waals surface area (Å²) in [6.07, 6.45) is 0.615. The van der Waals surface area contributed by atoms with Crippen LogP contribution in [0.5, 0.6) is 0 Å². The third-order valence-corrected chi connectivity index (χ3v) is 24.1. The van der Waals surface area contributed by atoms with Gasteiger partial charge in [-0.25, -0.2) is 4.79 Å². The van der Waals surface area contributed by atoms with Gasteiger partial charge in [-0.2, -0.15) is 0 Å². The molecule has 166 valence electrons. The Balaban J connectivity index is 6.83. The average Bonchev–Trinajstić information content (AvgIpc) is 2.37. The average molecular weight is 481 g/mol. The molecule has 28 heavy (non-hydrogen) atoms. The second-order valence-corrected chi connectivity index (χ2v) is 30.6. The molecule has 0 aliphatic carbocycles. The van der Waals surface area contributed by atoms with E-state index in [2.05, 4.69) is 85.5 Å². The summed E-state index contributed by atoms with van der Waals surface area (Å²) >= 11 is 0. The van der Waals surface area contributed by atoms with Crippen LogP contribution in [0.1, 0.15) is 20.3 Å². The SMILES string of the molecule is C=C(C)C(=O)OC(CC)([Si](C)(C)O[SiH](C)C)[Si](C)(O[Si](C)(C)C)O[Si](C)(C)C. The minimum Gasteiger partial charge on any atom is -0.456 e. The maximum absolute atomic E-state index is 12.8. The largest absolute Gasteiger partial charge is 0.456 e. The van der Waals surface area contributed by atoms with Crippen LogP contribution in [0.25, 0.3) is 0 Å². The van der Waals surface area contributed by atoms with E-state index >= 15 is 0 Å². The van der Waals surface area contributed by atoms with Crippen molar-refractivity contribution < 1.29 is 21.9 Å². The first-order valence-corrected chi connectivity index (χ1v) is 25.0. The summed E-state index contributed by atoms with van der Waals surface area (Å²) < 4.78 is 26.7. The zero-order valence-electron chi connectivity index (χ0n) is 20.5. The van der Waals surface area contributed by atoms with Crippen molar-refractivity contribution in [1.82, 2.24) is 0 Å². The van der Waals surface area contributed by atoms with Gasteiger partial charge in [0.2, 0.25) is 8.32 Å². The van der Waals surface area contributed by atoms with E-state index in [0.29, 0.717) is 12.0 Å². The standard InChI is InChI=1S/C18H44O5Si5/c1-15-18(20-17(19)16(2)3,27(12,13)21-24(4)5)28(14,22-25(6,7)8)23-26(9,10)11/h24H,2,15H2,1,3-14H3. The van der Waals surface area contributed by atoms with Crippen LogP contribution in [0.3, 0.4) is 0 Å². The lowest BCUT2D eigenvalue weighted by atomic mass is 10.4. The lowest BCUT2D eigenvalue weighted by Gasteiger charge is -2.55. The Morgan fingerprint density at radius 2 is 1.32 bits per heavy atom. The van der Waals surface area contributed by atoms with Gasteiger partial charge < -0.3 is 17.1 Å². The Labute approximate surface area is 179 Å². The van der Waals surface area contributed by atoms with Crippen molar-refractivity contribution in [2.24, 2.45) is 0 Å². The molecular weight excluding hydrogens is 437 g/mol. The monoisotopic (exact) mass is 480 g/mol.